The predicted molar refractivity (Wildman–Crippen MR) is 91.6 cm³/mol. The van der Waals surface area contributed by atoms with E-state index in [0.29, 0.717) is 16.9 Å². The fourth-order valence-corrected chi connectivity index (χ4v) is 3.21. The molecule has 0 fully saturated rings. The number of hydrogen-bond acceptors (Lipinski definition) is 3. The Hall–Kier alpha value is -2.62. The van der Waals surface area contributed by atoms with Gasteiger partial charge in [0.15, 0.2) is 11.4 Å². The van der Waals surface area contributed by atoms with Crippen LogP contribution in [0, 0.1) is 0 Å². The van der Waals surface area contributed by atoms with Crippen molar-refractivity contribution in [3.63, 3.8) is 0 Å². The first-order valence-electron chi connectivity index (χ1n) is 7.43. The molecular formula is C16H13BrF3N5O. The first-order chi connectivity index (χ1) is 12.3. The molecule has 2 heterocycles. The van der Waals surface area contributed by atoms with Gasteiger partial charge in [0.05, 0.1) is 11.0 Å². The molecule has 0 saturated heterocycles. The number of anilines is 1. The molecule has 1 aromatic carbocycles. The average molecular weight is 428 g/mol. The monoisotopic (exact) mass is 427 g/mol. The van der Waals surface area contributed by atoms with Gasteiger partial charge in [0, 0.05) is 25.1 Å². The number of hydrogen-bond donors (Lipinski definition) is 1. The molecule has 0 radical (unpaired) electrons. The molecule has 1 amide bonds. The molecule has 0 bridgehead atoms. The zero-order valence-electron chi connectivity index (χ0n) is 13.5. The number of rotatable bonds is 4. The third-order valence-corrected chi connectivity index (χ3v) is 4.31. The van der Waals surface area contributed by atoms with Crippen molar-refractivity contribution < 1.29 is 18.0 Å². The lowest BCUT2D eigenvalue weighted by molar-refractivity contribution is -0.144. The molecule has 0 saturated carbocycles. The van der Waals surface area contributed by atoms with Crippen LogP contribution in [0.1, 0.15) is 21.7 Å². The fraction of sp³-hybridized carbons (Fsp3) is 0.188. The Balaban J connectivity index is 1.81. The lowest BCUT2D eigenvalue weighted by Gasteiger charge is -2.07. The summed E-state index contributed by atoms with van der Waals surface area (Å²) in [5.74, 6) is -0.737. The second kappa shape index (κ2) is 6.94. The Bertz CT molecular complexity index is 934. The minimum absolute atomic E-state index is 0.336. The Morgan fingerprint density at radius 3 is 2.69 bits per heavy atom. The molecule has 3 rings (SSSR count). The van der Waals surface area contributed by atoms with Gasteiger partial charge in [0.2, 0.25) is 0 Å². The van der Waals surface area contributed by atoms with Crippen molar-refractivity contribution in [1.29, 1.82) is 0 Å². The molecule has 136 valence electrons. The zero-order valence-corrected chi connectivity index (χ0v) is 15.0. The summed E-state index contributed by atoms with van der Waals surface area (Å²) in [5, 5.41) is 10.3. The van der Waals surface area contributed by atoms with E-state index in [-0.39, 0.29) is 5.69 Å². The summed E-state index contributed by atoms with van der Waals surface area (Å²) >= 11 is 2.83. The molecule has 0 atom stereocenters. The number of benzene rings is 1. The highest BCUT2D eigenvalue weighted by Gasteiger charge is 2.39. The van der Waals surface area contributed by atoms with Crippen LogP contribution in [0.5, 0.6) is 0 Å². The summed E-state index contributed by atoms with van der Waals surface area (Å²) in [6, 6.07) is 8.76. The Labute approximate surface area is 154 Å². The number of carbonyl (C=O) groups excluding carboxylic acids is 1. The number of nitrogens with zero attached hydrogens (tertiary/aromatic N) is 4. The lowest BCUT2D eigenvalue weighted by Crippen LogP contribution is -2.14. The minimum atomic E-state index is -4.62. The zero-order chi connectivity index (χ0) is 18.9. The highest BCUT2D eigenvalue weighted by atomic mass is 79.9. The van der Waals surface area contributed by atoms with Crippen LogP contribution in [-0.4, -0.2) is 25.5 Å². The lowest BCUT2D eigenvalue weighted by atomic mass is 10.2. The van der Waals surface area contributed by atoms with Crippen LogP contribution in [0.25, 0.3) is 0 Å². The van der Waals surface area contributed by atoms with Gasteiger partial charge >= 0.3 is 6.18 Å². The maximum absolute atomic E-state index is 13.0. The molecule has 0 aliphatic carbocycles. The van der Waals surface area contributed by atoms with Crippen LogP contribution in [0.3, 0.4) is 0 Å². The summed E-state index contributed by atoms with van der Waals surface area (Å²) in [5.41, 5.74) is -0.0271. The number of nitrogens with one attached hydrogen (secondary N) is 1. The Kier molecular flexibility index (Phi) is 4.86. The van der Waals surface area contributed by atoms with Gasteiger partial charge in [-0.05, 0) is 39.7 Å². The summed E-state index contributed by atoms with van der Waals surface area (Å²) < 4.78 is 41.0. The molecule has 0 aliphatic heterocycles. The highest BCUT2D eigenvalue weighted by molar-refractivity contribution is 9.10. The number of halogens is 4. The molecule has 26 heavy (non-hydrogen) atoms. The molecule has 2 aromatic heterocycles. The van der Waals surface area contributed by atoms with Crippen molar-refractivity contribution in [2.75, 3.05) is 5.32 Å². The number of aromatic nitrogens is 4. The van der Waals surface area contributed by atoms with Gasteiger partial charge in [0.1, 0.15) is 0 Å². The molecule has 0 unspecified atom stereocenters. The van der Waals surface area contributed by atoms with Gasteiger partial charge in [-0.25, -0.2) is 0 Å². The normalized spacial score (nSPS) is 11.6. The summed E-state index contributed by atoms with van der Waals surface area (Å²) in [6.45, 7) is 0.502. The molecule has 6 nitrogen and oxygen atoms in total. The number of amides is 1. The van der Waals surface area contributed by atoms with E-state index in [1.165, 1.54) is 0 Å². The number of alkyl halides is 3. The summed E-state index contributed by atoms with van der Waals surface area (Å²) in [7, 11) is 1.13. The maximum Gasteiger partial charge on any atom is 0.434 e. The Morgan fingerprint density at radius 2 is 2.08 bits per heavy atom. The van der Waals surface area contributed by atoms with Crippen LogP contribution >= 0.6 is 15.9 Å². The first-order valence-corrected chi connectivity index (χ1v) is 8.22. The molecular weight excluding hydrogens is 415 g/mol. The van der Waals surface area contributed by atoms with E-state index in [2.05, 4.69) is 31.4 Å². The van der Waals surface area contributed by atoms with E-state index < -0.39 is 22.3 Å². The smallest absolute Gasteiger partial charge is 0.321 e. The third kappa shape index (κ3) is 3.79. The van der Waals surface area contributed by atoms with Gasteiger partial charge < -0.3 is 5.32 Å². The van der Waals surface area contributed by atoms with Crippen LogP contribution in [0.4, 0.5) is 18.9 Å². The molecule has 1 N–H and O–H groups in total. The topological polar surface area (TPSA) is 64.7 Å². The van der Waals surface area contributed by atoms with Crippen molar-refractivity contribution in [3.05, 3.63) is 64.1 Å². The second-order valence-electron chi connectivity index (χ2n) is 5.49. The van der Waals surface area contributed by atoms with Crippen molar-refractivity contribution >= 4 is 27.5 Å². The fourth-order valence-electron chi connectivity index (χ4n) is 2.47. The number of carbonyl (C=O) groups is 1. The van der Waals surface area contributed by atoms with E-state index in [9.17, 15) is 18.0 Å². The maximum atomic E-state index is 13.0. The van der Waals surface area contributed by atoms with Crippen molar-refractivity contribution in [3.8, 4) is 0 Å². The molecule has 0 aliphatic rings. The molecule has 10 heteroatoms. The van der Waals surface area contributed by atoms with Crippen LogP contribution in [0.15, 0.2) is 47.2 Å². The first kappa shape index (κ1) is 18.2. The van der Waals surface area contributed by atoms with Crippen LogP contribution in [0.2, 0.25) is 0 Å². The van der Waals surface area contributed by atoms with E-state index in [4.69, 9.17) is 0 Å². The van der Waals surface area contributed by atoms with Gasteiger partial charge in [-0.1, -0.05) is 12.1 Å². The van der Waals surface area contributed by atoms with Crippen molar-refractivity contribution in [2.45, 2.75) is 12.7 Å². The van der Waals surface area contributed by atoms with E-state index >= 15 is 0 Å². The minimum Gasteiger partial charge on any atom is -0.321 e. The van der Waals surface area contributed by atoms with Crippen molar-refractivity contribution in [2.24, 2.45) is 7.05 Å². The van der Waals surface area contributed by atoms with Crippen LogP contribution in [-0.2, 0) is 19.8 Å². The Morgan fingerprint density at radius 1 is 1.31 bits per heavy atom. The summed E-state index contributed by atoms with van der Waals surface area (Å²) in [4.78, 5) is 12.4. The molecule has 3 aromatic rings. The summed E-state index contributed by atoms with van der Waals surface area (Å²) in [6.07, 6.45) is -1.17. The largest absolute Gasteiger partial charge is 0.434 e. The second-order valence-corrected chi connectivity index (χ2v) is 6.28. The van der Waals surface area contributed by atoms with E-state index in [1.807, 2.05) is 6.07 Å². The van der Waals surface area contributed by atoms with Crippen molar-refractivity contribution in [1.82, 2.24) is 19.6 Å². The quantitative estimate of drug-likeness (QED) is 0.690. The van der Waals surface area contributed by atoms with Gasteiger partial charge in [-0.15, -0.1) is 0 Å². The van der Waals surface area contributed by atoms with E-state index in [0.717, 1.165) is 12.6 Å². The van der Waals surface area contributed by atoms with Crippen LogP contribution < -0.4 is 5.32 Å². The third-order valence-electron chi connectivity index (χ3n) is 3.56. The highest BCUT2D eigenvalue weighted by Crippen LogP contribution is 2.36. The SMILES string of the molecule is Cn1nc(C(=O)Nc2cccc(Cn3cccn3)c2)c(Br)c1C(F)(F)F. The predicted octanol–water partition coefficient (Wildman–Crippen LogP) is 3.70. The van der Waals surface area contributed by atoms with Gasteiger partial charge in [0.25, 0.3) is 5.91 Å². The number of aryl methyl sites for hydroxylation is 1. The van der Waals surface area contributed by atoms with Gasteiger partial charge in [-0.3, -0.25) is 14.2 Å². The average Bonchev–Trinajstić information content (AvgIpc) is 3.14. The van der Waals surface area contributed by atoms with E-state index in [1.54, 1.807) is 41.3 Å². The van der Waals surface area contributed by atoms with Gasteiger partial charge in [-0.2, -0.15) is 23.4 Å². The standard InChI is InChI=1S/C16H13BrF3N5O/c1-24-14(16(18,19)20)12(17)13(23-24)15(26)22-11-5-2-4-10(8-11)9-25-7-3-6-21-25/h2-8H,9H2,1H3,(H,22,26). The molecule has 0 spiro atoms.